The predicted molar refractivity (Wildman–Crippen MR) is 103 cm³/mol. The highest BCUT2D eigenvalue weighted by molar-refractivity contribution is 9.10. The number of rotatable bonds is 7. The van der Waals surface area contributed by atoms with Crippen molar-refractivity contribution in [1.29, 1.82) is 0 Å². The van der Waals surface area contributed by atoms with Gasteiger partial charge in [-0.1, -0.05) is 35.0 Å². The molecule has 1 heterocycles. The normalized spacial score (nSPS) is 13.4. The molecule has 1 aromatic carbocycles. The summed E-state index contributed by atoms with van der Waals surface area (Å²) in [6.45, 7) is 3.33. The van der Waals surface area contributed by atoms with E-state index in [4.69, 9.17) is 0 Å². The molecule has 7 heteroatoms. The van der Waals surface area contributed by atoms with Crippen molar-refractivity contribution in [2.24, 2.45) is 5.92 Å². The van der Waals surface area contributed by atoms with E-state index in [1.165, 1.54) is 12.8 Å². The molecule has 0 spiro atoms. The first-order valence-corrected chi connectivity index (χ1v) is 8.80. The Morgan fingerprint density at radius 3 is 2.67 bits per heavy atom. The van der Waals surface area contributed by atoms with Crippen LogP contribution in [0.5, 0.6) is 0 Å². The highest BCUT2D eigenvalue weighted by atomic mass is 79.9. The Bertz CT molecular complexity index is 682. The van der Waals surface area contributed by atoms with Gasteiger partial charge >= 0.3 is 0 Å². The van der Waals surface area contributed by atoms with Gasteiger partial charge in [0.1, 0.15) is 0 Å². The lowest BCUT2D eigenvalue weighted by atomic mass is 10.1. The van der Waals surface area contributed by atoms with Crippen LogP contribution in [-0.4, -0.2) is 29.2 Å². The van der Waals surface area contributed by atoms with E-state index in [0.29, 0.717) is 12.4 Å². The molecule has 5 nitrogen and oxygen atoms in total. The van der Waals surface area contributed by atoms with Crippen molar-refractivity contribution in [1.82, 2.24) is 15.5 Å². The second kappa shape index (κ2) is 8.65. The Labute approximate surface area is 156 Å². The van der Waals surface area contributed by atoms with E-state index in [1.807, 2.05) is 24.3 Å². The van der Waals surface area contributed by atoms with Crippen molar-refractivity contribution < 1.29 is 4.79 Å². The molecular weight excluding hydrogens is 392 g/mol. The van der Waals surface area contributed by atoms with Gasteiger partial charge in [-0.25, -0.2) is 0 Å². The molecule has 2 aromatic rings. The molecule has 1 aliphatic rings. The maximum atomic E-state index is 12.0. The Morgan fingerprint density at radius 1 is 1.33 bits per heavy atom. The number of H-pyrrole nitrogens is 1. The number of carbonyl (C=O) groups is 1. The van der Waals surface area contributed by atoms with Crippen molar-refractivity contribution in [2.45, 2.75) is 26.2 Å². The first-order valence-electron chi connectivity index (χ1n) is 8.01. The molecule has 3 N–H and O–H groups in total. The minimum atomic E-state index is -0.0470. The molecule has 0 unspecified atom stereocenters. The zero-order chi connectivity index (χ0) is 16.2. The van der Waals surface area contributed by atoms with E-state index in [2.05, 4.69) is 43.7 Å². The predicted octanol–water partition coefficient (Wildman–Crippen LogP) is 3.76. The third-order valence-corrected chi connectivity index (χ3v) is 4.56. The highest BCUT2D eigenvalue weighted by Gasteiger charge is 2.21. The summed E-state index contributed by atoms with van der Waals surface area (Å²) in [5.74, 6) is 1.35. The van der Waals surface area contributed by atoms with Crippen LogP contribution >= 0.6 is 28.3 Å². The van der Waals surface area contributed by atoms with Crippen LogP contribution in [0.1, 0.15) is 25.3 Å². The molecule has 0 radical (unpaired) electrons. The number of nitrogens with one attached hydrogen (secondary N) is 3. The molecule has 0 aliphatic heterocycles. The van der Waals surface area contributed by atoms with Gasteiger partial charge in [0.25, 0.3) is 0 Å². The molecule has 0 saturated heterocycles. The average Bonchev–Trinajstić information content (AvgIpc) is 3.28. The van der Waals surface area contributed by atoms with Crippen LogP contribution in [0.3, 0.4) is 0 Å². The zero-order valence-corrected chi connectivity index (χ0v) is 16.0. The van der Waals surface area contributed by atoms with Crippen molar-refractivity contribution in [3.63, 3.8) is 0 Å². The molecule has 24 heavy (non-hydrogen) atoms. The number of hydrogen-bond acceptors (Lipinski definition) is 3. The molecular formula is C17H22BrClN4O. The second-order valence-corrected chi connectivity index (χ2v) is 6.82. The number of aromatic amines is 1. The maximum absolute atomic E-state index is 12.0. The van der Waals surface area contributed by atoms with E-state index in [-0.39, 0.29) is 18.3 Å². The Morgan fingerprint density at radius 2 is 2.04 bits per heavy atom. The summed E-state index contributed by atoms with van der Waals surface area (Å²) in [5, 5.41) is 13.4. The van der Waals surface area contributed by atoms with E-state index in [0.717, 1.165) is 40.2 Å². The first-order chi connectivity index (χ1) is 11.2. The molecule has 0 bridgehead atoms. The number of aromatic nitrogens is 2. The average molecular weight is 414 g/mol. The van der Waals surface area contributed by atoms with Gasteiger partial charge in [-0.3, -0.25) is 9.89 Å². The zero-order valence-electron chi connectivity index (χ0n) is 13.6. The first kappa shape index (κ1) is 19.0. The SMILES string of the molecule is CCc1c(NC(=O)CNCC2CC2)n[nH]c1-c1ccc(Br)cc1.Cl. The van der Waals surface area contributed by atoms with Gasteiger partial charge in [-0.2, -0.15) is 5.10 Å². The van der Waals surface area contributed by atoms with Gasteiger partial charge in [0.15, 0.2) is 5.82 Å². The standard InChI is InChI=1S/C17H21BrN4O.ClH/c1-2-14-16(12-5-7-13(18)8-6-12)21-22-17(14)20-15(23)10-19-9-11-3-4-11;/h5-8,11,19H,2-4,9-10H2,1H3,(H2,20,21,22,23);1H. The van der Waals surface area contributed by atoms with E-state index in [9.17, 15) is 4.79 Å². The Kier molecular flexibility index (Phi) is 6.83. The fraction of sp³-hybridized carbons (Fsp3) is 0.412. The fourth-order valence-corrected chi connectivity index (χ4v) is 2.82. The lowest BCUT2D eigenvalue weighted by molar-refractivity contribution is -0.115. The van der Waals surface area contributed by atoms with E-state index in [1.54, 1.807) is 0 Å². The van der Waals surface area contributed by atoms with Crippen LogP contribution in [0.4, 0.5) is 5.82 Å². The third kappa shape index (κ3) is 4.82. The minimum Gasteiger partial charge on any atom is -0.308 e. The summed E-state index contributed by atoms with van der Waals surface area (Å²) in [5.41, 5.74) is 3.05. The van der Waals surface area contributed by atoms with Gasteiger partial charge in [-0.15, -0.1) is 12.4 Å². The van der Waals surface area contributed by atoms with E-state index >= 15 is 0 Å². The molecule has 3 rings (SSSR count). The molecule has 0 atom stereocenters. The van der Waals surface area contributed by atoms with Gasteiger partial charge < -0.3 is 10.6 Å². The molecule has 1 amide bonds. The number of amides is 1. The Hall–Kier alpha value is -1.37. The number of benzene rings is 1. The van der Waals surface area contributed by atoms with Crippen LogP contribution in [-0.2, 0) is 11.2 Å². The minimum absolute atomic E-state index is 0. The van der Waals surface area contributed by atoms with Crippen molar-refractivity contribution in [3.8, 4) is 11.3 Å². The van der Waals surface area contributed by atoms with Gasteiger partial charge in [-0.05, 0) is 49.4 Å². The number of hydrogen-bond donors (Lipinski definition) is 3. The number of halogens is 2. The Balaban J connectivity index is 0.00000208. The molecule has 1 saturated carbocycles. The summed E-state index contributed by atoms with van der Waals surface area (Å²) in [4.78, 5) is 12.0. The van der Waals surface area contributed by atoms with Crippen LogP contribution in [0.25, 0.3) is 11.3 Å². The van der Waals surface area contributed by atoms with Crippen LogP contribution in [0.15, 0.2) is 28.7 Å². The summed E-state index contributed by atoms with van der Waals surface area (Å²) in [6, 6.07) is 8.05. The molecule has 130 valence electrons. The van der Waals surface area contributed by atoms with Crippen LogP contribution < -0.4 is 10.6 Å². The van der Waals surface area contributed by atoms with Gasteiger partial charge in [0.2, 0.25) is 5.91 Å². The van der Waals surface area contributed by atoms with Gasteiger partial charge in [0.05, 0.1) is 12.2 Å². The smallest absolute Gasteiger partial charge is 0.239 e. The monoisotopic (exact) mass is 412 g/mol. The number of carbonyl (C=O) groups excluding carboxylic acids is 1. The summed E-state index contributed by atoms with van der Waals surface area (Å²) in [6.07, 6.45) is 3.36. The molecule has 1 fully saturated rings. The quantitative estimate of drug-likeness (QED) is 0.647. The number of anilines is 1. The lowest BCUT2D eigenvalue weighted by Gasteiger charge is -2.06. The largest absolute Gasteiger partial charge is 0.308 e. The molecule has 1 aliphatic carbocycles. The van der Waals surface area contributed by atoms with Crippen molar-refractivity contribution in [2.75, 3.05) is 18.4 Å². The topological polar surface area (TPSA) is 69.8 Å². The number of nitrogens with zero attached hydrogens (tertiary/aromatic N) is 1. The van der Waals surface area contributed by atoms with Crippen molar-refractivity contribution in [3.05, 3.63) is 34.3 Å². The summed E-state index contributed by atoms with van der Waals surface area (Å²) in [7, 11) is 0. The highest BCUT2D eigenvalue weighted by Crippen LogP contribution is 2.28. The fourth-order valence-electron chi connectivity index (χ4n) is 2.56. The third-order valence-electron chi connectivity index (χ3n) is 4.03. The van der Waals surface area contributed by atoms with Crippen LogP contribution in [0, 0.1) is 5.92 Å². The molecule has 1 aromatic heterocycles. The second-order valence-electron chi connectivity index (χ2n) is 5.91. The lowest BCUT2D eigenvalue weighted by Crippen LogP contribution is -2.29. The van der Waals surface area contributed by atoms with Crippen LogP contribution in [0.2, 0.25) is 0 Å². The van der Waals surface area contributed by atoms with E-state index < -0.39 is 0 Å². The van der Waals surface area contributed by atoms with Gasteiger partial charge in [0, 0.05) is 10.0 Å². The maximum Gasteiger partial charge on any atom is 0.239 e. The summed E-state index contributed by atoms with van der Waals surface area (Å²) < 4.78 is 1.04. The summed E-state index contributed by atoms with van der Waals surface area (Å²) >= 11 is 3.44. The van der Waals surface area contributed by atoms with Crippen molar-refractivity contribution >= 4 is 40.1 Å².